The first-order valence-electron chi connectivity index (χ1n) is 9.23. The molecule has 146 valence electrons. The topological polar surface area (TPSA) is 71.4 Å². The van der Waals surface area contributed by atoms with Crippen LogP contribution in [0, 0.1) is 6.92 Å². The van der Waals surface area contributed by atoms with Crippen LogP contribution in [-0.4, -0.2) is 24.7 Å². The van der Waals surface area contributed by atoms with Crippen LogP contribution in [0.25, 0.3) is 0 Å². The highest BCUT2D eigenvalue weighted by Gasteiger charge is 2.33. The highest BCUT2D eigenvalue weighted by molar-refractivity contribution is 7.92. The number of aliphatic carboxylic acids is 1. The number of carboxylic acids is 1. The van der Waals surface area contributed by atoms with Crippen molar-refractivity contribution in [2.45, 2.75) is 62.0 Å². The first-order chi connectivity index (χ1) is 12.6. The predicted octanol–water partition coefficient (Wildman–Crippen LogP) is 4.76. The van der Waals surface area contributed by atoms with E-state index in [2.05, 4.69) is 26.0 Å². The van der Waals surface area contributed by atoms with E-state index in [4.69, 9.17) is 0 Å². The molecule has 0 aliphatic rings. The van der Waals surface area contributed by atoms with Crippen molar-refractivity contribution in [2.75, 3.05) is 0 Å². The molecule has 0 saturated heterocycles. The first kappa shape index (κ1) is 21.2. The number of hydrogen-bond donors (Lipinski definition) is 1. The summed E-state index contributed by atoms with van der Waals surface area (Å²) in [6, 6.07) is 16.5. The molecule has 0 bridgehead atoms. The molecule has 0 amide bonds. The van der Waals surface area contributed by atoms with Crippen LogP contribution < -0.4 is 0 Å². The van der Waals surface area contributed by atoms with E-state index in [0.717, 1.165) is 18.4 Å². The summed E-state index contributed by atoms with van der Waals surface area (Å²) in [6.45, 7) is 6.17. The van der Waals surface area contributed by atoms with Crippen molar-refractivity contribution in [3.63, 3.8) is 0 Å². The third kappa shape index (κ3) is 5.42. The molecule has 0 radical (unpaired) electrons. The lowest BCUT2D eigenvalue weighted by Crippen LogP contribution is -2.30. The molecular formula is C22H28O4S. The monoisotopic (exact) mass is 388 g/mol. The molecule has 0 aromatic heterocycles. The van der Waals surface area contributed by atoms with Crippen molar-refractivity contribution >= 4 is 15.8 Å². The van der Waals surface area contributed by atoms with Gasteiger partial charge in [-0.3, -0.25) is 4.79 Å². The Kier molecular flexibility index (Phi) is 6.82. The van der Waals surface area contributed by atoms with Crippen LogP contribution in [0.15, 0.2) is 59.5 Å². The zero-order chi connectivity index (χ0) is 20.1. The van der Waals surface area contributed by atoms with Crippen molar-refractivity contribution in [2.24, 2.45) is 0 Å². The second kappa shape index (κ2) is 8.70. The zero-order valence-electron chi connectivity index (χ0n) is 16.2. The summed E-state index contributed by atoms with van der Waals surface area (Å²) >= 11 is 0. The molecular weight excluding hydrogens is 360 g/mol. The lowest BCUT2D eigenvalue weighted by molar-refractivity contribution is -0.136. The van der Waals surface area contributed by atoms with Crippen molar-refractivity contribution in [1.82, 2.24) is 0 Å². The van der Waals surface area contributed by atoms with E-state index < -0.39 is 21.1 Å². The second-order valence-electron chi connectivity index (χ2n) is 7.68. The van der Waals surface area contributed by atoms with Crippen LogP contribution in [0.3, 0.4) is 0 Å². The van der Waals surface area contributed by atoms with E-state index in [0.29, 0.717) is 6.42 Å². The maximum Gasteiger partial charge on any atom is 0.322 e. The molecule has 0 heterocycles. The van der Waals surface area contributed by atoms with Gasteiger partial charge in [-0.1, -0.05) is 74.7 Å². The highest BCUT2D eigenvalue weighted by atomic mass is 32.2. The van der Waals surface area contributed by atoms with Gasteiger partial charge in [0.1, 0.15) is 0 Å². The lowest BCUT2D eigenvalue weighted by Gasteiger charge is -2.25. The smallest absolute Gasteiger partial charge is 0.322 e. The summed E-state index contributed by atoms with van der Waals surface area (Å²) in [5, 5.41) is 8.08. The predicted molar refractivity (Wildman–Crippen MR) is 108 cm³/mol. The molecule has 0 aliphatic carbocycles. The largest absolute Gasteiger partial charge is 0.480 e. The molecule has 1 unspecified atom stereocenters. The van der Waals surface area contributed by atoms with Crippen molar-refractivity contribution < 1.29 is 18.3 Å². The minimum absolute atomic E-state index is 0.0319. The Morgan fingerprint density at radius 1 is 1.00 bits per heavy atom. The number of aryl methyl sites for hydroxylation is 1. The van der Waals surface area contributed by atoms with Gasteiger partial charge in [0, 0.05) is 0 Å². The standard InChI is InChI=1S/C22H28O4S/c1-17-12-14-19(15-13-17)27(25,26)20(21(23)24)11-7-8-16-22(2,3)18-9-5-4-6-10-18/h4-6,9-10,12-15,20H,7-8,11,16H2,1-3H3,(H,23,24). The van der Waals surface area contributed by atoms with Crippen molar-refractivity contribution in [1.29, 1.82) is 0 Å². The average molecular weight is 389 g/mol. The fourth-order valence-electron chi connectivity index (χ4n) is 3.23. The van der Waals surface area contributed by atoms with Crippen molar-refractivity contribution in [3.05, 3.63) is 65.7 Å². The summed E-state index contributed by atoms with van der Waals surface area (Å²) in [6.07, 6.45) is 2.32. The van der Waals surface area contributed by atoms with E-state index in [1.807, 2.05) is 25.1 Å². The molecule has 1 N–H and O–H groups in total. The maximum atomic E-state index is 12.7. The minimum atomic E-state index is -3.88. The number of rotatable bonds is 9. The van der Waals surface area contributed by atoms with Gasteiger partial charge in [-0.15, -0.1) is 0 Å². The molecule has 4 nitrogen and oxygen atoms in total. The maximum absolute atomic E-state index is 12.7. The number of unbranched alkanes of at least 4 members (excludes halogenated alkanes) is 1. The third-order valence-corrected chi connectivity index (χ3v) is 7.19. The van der Waals surface area contributed by atoms with Crippen LogP contribution in [0.2, 0.25) is 0 Å². The molecule has 2 aromatic rings. The molecule has 0 spiro atoms. The molecule has 2 rings (SSSR count). The molecule has 5 heteroatoms. The second-order valence-corrected chi connectivity index (χ2v) is 9.81. The first-order valence-corrected chi connectivity index (χ1v) is 10.8. The van der Waals surface area contributed by atoms with Crippen LogP contribution in [0.5, 0.6) is 0 Å². The van der Waals surface area contributed by atoms with Gasteiger partial charge in [-0.25, -0.2) is 8.42 Å². The number of hydrogen-bond acceptors (Lipinski definition) is 3. The highest BCUT2D eigenvalue weighted by Crippen LogP contribution is 2.30. The lowest BCUT2D eigenvalue weighted by atomic mass is 9.80. The summed E-state index contributed by atoms with van der Waals surface area (Å²) < 4.78 is 25.4. The van der Waals surface area contributed by atoms with Gasteiger partial charge in [-0.2, -0.15) is 0 Å². The Balaban J connectivity index is 2.01. The van der Waals surface area contributed by atoms with Gasteiger partial charge in [0.15, 0.2) is 15.1 Å². The summed E-state index contributed by atoms with van der Waals surface area (Å²) in [5.74, 6) is -1.28. The fraction of sp³-hybridized carbons (Fsp3) is 0.409. The number of sulfone groups is 1. The van der Waals surface area contributed by atoms with Crippen molar-refractivity contribution in [3.8, 4) is 0 Å². The van der Waals surface area contributed by atoms with Gasteiger partial charge < -0.3 is 5.11 Å². The summed E-state index contributed by atoms with van der Waals surface area (Å²) in [4.78, 5) is 11.7. The Morgan fingerprint density at radius 2 is 1.59 bits per heavy atom. The van der Waals surface area contributed by atoms with E-state index in [1.165, 1.54) is 17.7 Å². The average Bonchev–Trinajstić information content (AvgIpc) is 2.62. The van der Waals surface area contributed by atoms with Gasteiger partial charge in [0.05, 0.1) is 4.90 Å². The Bertz CT molecular complexity index is 853. The van der Waals surface area contributed by atoms with Gasteiger partial charge >= 0.3 is 5.97 Å². The molecule has 0 aliphatic heterocycles. The normalized spacial score (nSPS) is 13.3. The molecule has 0 saturated carbocycles. The Hall–Kier alpha value is -2.14. The fourth-order valence-corrected chi connectivity index (χ4v) is 4.82. The Morgan fingerprint density at radius 3 is 2.15 bits per heavy atom. The van der Waals surface area contributed by atoms with Crippen LogP contribution >= 0.6 is 0 Å². The quantitative estimate of drug-likeness (QED) is 0.629. The summed E-state index contributed by atoms with van der Waals surface area (Å²) in [7, 11) is -3.88. The molecule has 0 fully saturated rings. The number of carbonyl (C=O) groups is 1. The van der Waals surface area contributed by atoms with Gasteiger partial charge in [0.25, 0.3) is 0 Å². The third-order valence-electron chi connectivity index (χ3n) is 5.07. The zero-order valence-corrected chi connectivity index (χ0v) is 17.0. The molecule has 27 heavy (non-hydrogen) atoms. The number of benzene rings is 2. The summed E-state index contributed by atoms with van der Waals surface area (Å²) in [5.41, 5.74) is 2.13. The van der Waals surface area contributed by atoms with E-state index in [9.17, 15) is 18.3 Å². The molecule has 1 atom stereocenters. The molecule has 2 aromatic carbocycles. The van der Waals surface area contributed by atoms with Crippen LogP contribution in [0.1, 0.15) is 50.7 Å². The Labute approximate surface area is 162 Å². The minimum Gasteiger partial charge on any atom is -0.480 e. The van der Waals surface area contributed by atoms with E-state index >= 15 is 0 Å². The van der Waals surface area contributed by atoms with E-state index in [-0.39, 0.29) is 16.7 Å². The van der Waals surface area contributed by atoms with E-state index in [1.54, 1.807) is 12.1 Å². The van der Waals surface area contributed by atoms with Crippen LogP contribution in [-0.2, 0) is 20.0 Å². The van der Waals surface area contributed by atoms with Crippen LogP contribution in [0.4, 0.5) is 0 Å². The number of carboxylic acid groups (broad SMARTS) is 1. The van der Waals surface area contributed by atoms with Gasteiger partial charge in [0.2, 0.25) is 0 Å². The van der Waals surface area contributed by atoms with Gasteiger partial charge in [-0.05, 0) is 42.9 Å². The SMILES string of the molecule is Cc1ccc(S(=O)(=O)C(CCCCC(C)(C)c2ccccc2)C(=O)O)cc1.